The van der Waals surface area contributed by atoms with E-state index in [4.69, 9.17) is 4.42 Å². The number of thioether (sulfide) groups is 1. The second kappa shape index (κ2) is 5.31. The first-order valence-electron chi connectivity index (χ1n) is 7.23. The highest BCUT2D eigenvalue weighted by Gasteiger charge is 2.69. The van der Waals surface area contributed by atoms with E-state index in [1.807, 2.05) is 13.8 Å². The minimum atomic E-state index is -1.01. The van der Waals surface area contributed by atoms with Crippen molar-refractivity contribution in [2.75, 3.05) is 0 Å². The Labute approximate surface area is 143 Å². The third-order valence-electron chi connectivity index (χ3n) is 4.33. The van der Waals surface area contributed by atoms with Crippen LogP contribution in [-0.4, -0.2) is 43.5 Å². The Hall–Kier alpha value is -1.41. The Balaban J connectivity index is 1.76. The van der Waals surface area contributed by atoms with Gasteiger partial charge in [-0.3, -0.25) is 14.4 Å². The molecule has 3 rings (SSSR count). The van der Waals surface area contributed by atoms with Gasteiger partial charge in [-0.15, -0.1) is 24.4 Å². The number of fused-ring (bicyclic) bond motifs is 1. The monoisotopic (exact) mass is 354 g/mol. The zero-order valence-electron chi connectivity index (χ0n) is 13.0. The van der Waals surface area contributed by atoms with Gasteiger partial charge >= 0.3 is 0 Å². The maximum Gasteiger partial charge on any atom is 0.252 e. The van der Waals surface area contributed by atoms with E-state index in [9.17, 15) is 14.4 Å². The van der Waals surface area contributed by atoms with Crippen molar-refractivity contribution >= 4 is 41.3 Å². The van der Waals surface area contributed by atoms with Crippen LogP contribution in [0.1, 0.15) is 26.5 Å². The van der Waals surface area contributed by atoms with Gasteiger partial charge in [0.1, 0.15) is 22.7 Å². The van der Waals surface area contributed by atoms with E-state index in [1.165, 1.54) is 22.9 Å². The van der Waals surface area contributed by atoms with Crippen LogP contribution in [0, 0.1) is 0 Å². The second-order valence-electron chi connectivity index (χ2n) is 6.53. The van der Waals surface area contributed by atoms with E-state index < -0.39 is 16.3 Å². The van der Waals surface area contributed by atoms with E-state index in [1.54, 1.807) is 19.1 Å². The fourth-order valence-electron chi connectivity index (χ4n) is 3.24. The van der Waals surface area contributed by atoms with E-state index in [2.05, 4.69) is 17.9 Å². The molecule has 6 nitrogen and oxygen atoms in total. The van der Waals surface area contributed by atoms with Gasteiger partial charge in [0.05, 0.1) is 12.7 Å². The number of carbonyl (C=O) groups excluding carboxylic acids is 3. The summed E-state index contributed by atoms with van der Waals surface area (Å²) in [4.78, 5) is 38.1. The summed E-state index contributed by atoms with van der Waals surface area (Å²) in [6.45, 7) is 5.52. The van der Waals surface area contributed by atoms with Gasteiger partial charge < -0.3 is 14.6 Å². The summed E-state index contributed by atoms with van der Waals surface area (Å²) in [5, 5.41) is 2.20. The lowest BCUT2D eigenvalue weighted by Gasteiger charge is -2.51. The van der Waals surface area contributed by atoms with Crippen molar-refractivity contribution in [3.05, 3.63) is 24.2 Å². The van der Waals surface area contributed by atoms with Crippen molar-refractivity contribution in [2.24, 2.45) is 0 Å². The lowest BCUT2D eigenvalue weighted by Crippen LogP contribution is -2.78. The Bertz CT molecular complexity index is 673. The molecule has 124 valence electrons. The summed E-state index contributed by atoms with van der Waals surface area (Å²) in [7, 11) is 0. The summed E-state index contributed by atoms with van der Waals surface area (Å²) < 4.78 is 4.71. The first-order valence-corrected chi connectivity index (χ1v) is 8.56. The smallest absolute Gasteiger partial charge is 0.252 e. The number of amides is 2. The lowest BCUT2D eigenvalue weighted by molar-refractivity contribution is -0.161. The topological polar surface area (TPSA) is 79.6 Å². The Morgan fingerprint density at radius 2 is 2.13 bits per heavy atom. The summed E-state index contributed by atoms with van der Waals surface area (Å²) in [5.41, 5.74) is -1.01. The van der Waals surface area contributed by atoms with Gasteiger partial charge in [0, 0.05) is 4.75 Å². The average Bonchev–Trinajstić information content (AvgIpc) is 3.02. The van der Waals surface area contributed by atoms with Crippen molar-refractivity contribution in [1.29, 1.82) is 0 Å². The molecule has 0 bridgehead atoms. The van der Waals surface area contributed by atoms with Crippen LogP contribution in [-0.2, 0) is 20.8 Å². The number of rotatable bonds is 4. The maximum atomic E-state index is 12.6. The first kappa shape index (κ1) is 16.4. The number of hydrogen-bond donors (Lipinski definition) is 2. The van der Waals surface area contributed by atoms with Crippen molar-refractivity contribution in [3.8, 4) is 0 Å². The van der Waals surface area contributed by atoms with Crippen LogP contribution in [0.3, 0.4) is 0 Å². The van der Waals surface area contributed by atoms with Crippen molar-refractivity contribution in [1.82, 2.24) is 10.2 Å². The third kappa shape index (κ3) is 2.48. The number of β-lactam (4-membered cyclic amide) rings is 1. The van der Waals surface area contributed by atoms with Crippen LogP contribution < -0.4 is 5.32 Å². The molecule has 0 radical (unpaired) electrons. The first-order chi connectivity index (χ1) is 10.7. The zero-order valence-corrected chi connectivity index (χ0v) is 14.7. The quantitative estimate of drug-likeness (QED) is 0.628. The van der Waals surface area contributed by atoms with Gasteiger partial charge in [-0.2, -0.15) is 0 Å². The molecule has 3 heterocycles. The van der Waals surface area contributed by atoms with Crippen LogP contribution in [0.2, 0.25) is 0 Å². The molecule has 0 saturated carbocycles. The Morgan fingerprint density at radius 1 is 1.43 bits per heavy atom. The predicted octanol–water partition coefficient (Wildman–Crippen LogP) is 1.22. The highest BCUT2D eigenvalue weighted by atomic mass is 32.2. The van der Waals surface area contributed by atoms with Gasteiger partial charge in [0.25, 0.3) is 5.91 Å². The molecule has 2 aliphatic rings. The van der Waals surface area contributed by atoms with Gasteiger partial charge in [-0.05, 0) is 32.9 Å². The van der Waals surface area contributed by atoms with Crippen molar-refractivity contribution in [2.45, 2.75) is 48.9 Å². The Kier molecular flexibility index (Phi) is 3.79. The zero-order chi connectivity index (χ0) is 17.0. The second-order valence-corrected chi connectivity index (χ2v) is 8.71. The summed E-state index contributed by atoms with van der Waals surface area (Å²) >= 11 is 5.43. The van der Waals surface area contributed by atoms with Gasteiger partial charge in [-0.25, -0.2) is 0 Å². The molecule has 3 atom stereocenters. The number of nitrogens with zero attached hydrogens (tertiary/aromatic N) is 1. The summed E-state index contributed by atoms with van der Waals surface area (Å²) in [5.74, 6) is 0.00724. The molecule has 8 heteroatoms. The average molecular weight is 354 g/mol. The SMILES string of the molecule is CC1(C)S[C@H]2N(C(=O)C2(C)NC(=O)Cc2ccco2)[C@H]1C(=O)S. The van der Waals surface area contributed by atoms with E-state index in [-0.39, 0.29) is 28.7 Å². The van der Waals surface area contributed by atoms with E-state index in [0.717, 1.165) is 0 Å². The summed E-state index contributed by atoms with van der Waals surface area (Å²) in [6, 6.07) is 2.84. The molecular formula is C15H18N2O4S2. The number of furan rings is 1. The van der Waals surface area contributed by atoms with Crippen molar-refractivity contribution < 1.29 is 18.8 Å². The molecule has 1 N–H and O–H groups in total. The minimum Gasteiger partial charge on any atom is -0.469 e. The van der Waals surface area contributed by atoms with Gasteiger partial charge in [-0.1, -0.05) is 0 Å². The standard InChI is InChI=1S/C15H18N2O4S2/c1-14(2)10(11(19)22)17-12(20)15(3,13(17)23-14)16-9(18)7-8-5-4-6-21-8/h4-6,10,13H,7H2,1-3H3,(H,16,18)(H,19,22)/t10-,13+,15?/m0/s1. The molecule has 0 spiro atoms. The molecule has 2 saturated heterocycles. The minimum absolute atomic E-state index is 0.0750. The highest BCUT2D eigenvalue weighted by Crippen LogP contribution is 2.55. The predicted molar refractivity (Wildman–Crippen MR) is 89.0 cm³/mol. The van der Waals surface area contributed by atoms with Crippen LogP contribution in [0.15, 0.2) is 22.8 Å². The molecule has 2 fully saturated rings. The normalized spacial score (nSPS) is 31.5. The van der Waals surface area contributed by atoms with Crippen LogP contribution in [0.5, 0.6) is 0 Å². The van der Waals surface area contributed by atoms with E-state index >= 15 is 0 Å². The largest absolute Gasteiger partial charge is 0.469 e. The molecule has 1 unspecified atom stereocenters. The molecule has 2 amide bonds. The van der Waals surface area contributed by atoms with Crippen molar-refractivity contribution in [3.63, 3.8) is 0 Å². The molecule has 23 heavy (non-hydrogen) atoms. The Morgan fingerprint density at radius 3 is 2.70 bits per heavy atom. The number of carbonyl (C=O) groups is 3. The molecule has 1 aromatic heterocycles. The third-order valence-corrected chi connectivity index (χ3v) is 6.32. The molecule has 0 aliphatic carbocycles. The number of hydrogen-bond acceptors (Lipinski definition) is 5. The van der Waals surface area contributed by atoms with Gasteiger partial charge in [0.2, 0.25) is 11.0 Å². The van der Waals surface area contributed by atoms with Crippen LogP contribution in [0.25, 0.3) is 0 Å². The molecular weight excluding hydrogens is 336 g/mol. The van der Waals surface area contributed by atoms with Crippen LogP contribution >= 0.6 is 24.4 Å². The molecule has 0 aromatic carbocycles. The maximum absolute atomic E-state index is 12.6. The van der Waals surface area contributed by atoms with Crippen LogP contribution in [0.4, 0.5) is 0 Å². The highest BCUT2D eigenvalue weighted by molar-refractivity contribution is 8.02. The molecule has 1 aromatic rings. The fraction of sp³-hybridized carbons (Fsp3) is 0.533. The van der Waals surface area contributed by atoms with E-state index in [0.29, 0.717) is 5.76 Å². The number of thiol groups is 1. The lowest BCUT2D eigenvalue weighted by atomic mass is 9.86. The number of nitrogens with one attached hydrogen (secondary N) is 1. The van der Waals surface area contributed by atoms with Gasteiger partial charge in [0.15, 0.2) is 0 Å². The fourth-order valence-corrected chi connectivity index (χ4v) is 5.43. The summed E-state index contributed by atoms with van der Waals surface area (Å²) in [6.07, 6.45) is 1.57. The molecule has 2 aliphatic heterocycles.